The Hall–Kier alpha value is -0.430. The van der Waals surface area contributed by atoms with Crippen LogP contribution in [0.2, 0.25) is 0 Å². The molecule has 0 spiro atoms. The minimum atomic E-state index is 0.277. The van der Waals surface area contributed by atoms with Crippen LogP contribution in [-0.4, -0.2) is 4.75 Å². The maximum Gasteiger partial charge on any atom is 0.0190 e. The third-order valence-corrected chi connectivity index (χ3v) is 5.98. The molecule has 1 unspecified atom stereocenters. The molecule has 2 rings (SSSR count). The summed E-state index contributed by atoms with van der Waals surface area (Å²) in [4.78, 5) is 0. The molecule has 2 aliphatic carbocycles. The molecule has 0 saturated carbocycles. The predicted molar refractivity (Wildman–Crippen MR) is 100 cm³/mol. The van der Waals surface area contributed by atoms with Gasteiger partial charge in [0.15, 0.2) is 0 Å². The predicted octanol–water partition coefficient (Wildman–Crippen LogP) is 6.89. The Bertz CT molecular complexity index is 433. The van der Waals surface area contributed by atoms with Crippen molar-refractivity contribution in [2.45, 2.75) is 84.8 Å². The maximum absolute atomic E-state index is 4.74. The summed E-state index contributed by atoms with van der Waals surface area (Å²) in [6.07, 6.45) is 12.1. The molecule has 0 amide bonds. The zero-order valence-corrected chi connectivity index (χ0v) is 15.8. The van der Waals surface area contributed by atoms with E-state index in [0.717, 1.165) is 6.42 Å². The molecule has 0 aromatic carbocycles. The number of hydrogen-bond donors (Lipinski definition) is 1. The van der Waals surface area contributed by atoms with Crippen molar-refractivity contribution in [3.8, 4) is 0 Å². The van der Waals surface area contributed by atoms with Gasteiger partial charge in [0.1, 0.15) is 0 Å². The molecule has 0 saturated heterocycles. The fourth-order valence-corrected chi connectivity index (χ4v) is 3.00. The summed E-state index contributed by atoms with van der Waals surface area (Å²) in [5, 5.41) is 0. The van der Waals surface area contributed by atoms with Crippen LogP contribution >= 0.6 is 12.6 Å². The second kappa shape index (κ2) is 8.27. The molecule has 21 heavy (non-hydrogen) atoms. The lowest BCUT2D eigenvalue weighted by molar-refractivity contribution is 0.400. The quantitative estimate of drug-likeness (QED) is 0.395. The smallest absolute Gasteiger partial charge is 0.0190 e. The average Bonchev–Trinajstić information content (AvgIpc) is 2.43. The lowest BCUT2D eigenvalue weighted by atomic mass is 9.82. The van der Waals surface area contributed by atoms with E-state index in [1.54, 1.807) is 11.1 Å². The van der Waals surface area contributed by atoms with Crippen LogP contribution in [0.5, 0.6) is 0 Å². The van der Waals surface area contributed by atoms with E-state index in [0.29, 0.717) is 5.92 Å². The molecule has 2 aliphatic rings. The van der Waals surface area contributed by atoms with Gasteiger partial charge in [0, 0.05) is 4.75 Å². The highest BCUT2D eigenvalue weighted by Crippen LogP contribution is 2.38. The van der Waals surface area contributed by atoms with E-state index in [2.05, 4.69) is 53.7 Å². The van der Waals surface area contributed by atoms with Gasteiger partial charge in [0.05, 0.1) is 0 Å². The third-order valence-electron chi connectivity index (χ3n) is 5.06. The van der Waals surface area contributed by atoms with Crippen LogP contribution in [0, 0.1) is 5.92 Å². The second-order valence-electron chi connectivity index (χ2n) is 7.37. The highest BCUT2D eigenvalue weighted by molar-refractivity contribution is 7.81. The van der Waals surface area contributed by atoms with Crippen LogP contribution in [0.25, 0.3) is 0 Å². The first-order valence-corrected chi connectivity index (χ1v) is 8.88. The first-order valence-electron chi connectivity index (χ1n) is 8.43. The molecule has 0 heterocycles. The van der Waals surface area contributed by atoms with Crippen LogP contribution < -0.4 is 0 Å². The Morgan fingerprint density at radius 2 is 1.67 bits per heavy atom. The van der Waals surface area contributed by atoms with Crippen molar-refractivity contribution in [1.29, 1.82) is 0 Å². The van der Waals surface area contributed by atoms with E-state index < -0.39 is 0 Å². The normalized spacial score (nSPS) is 25.8. The molecule has 0 aliphatic heterocycles. The second-order valence-corrected chi connectivity index (χ2v) is 8.26. The fourth-order valence-electron chi connectivity index (χ4n) is 2.80. The molecule has 0 aromatic heterocycles. The summed E-state index contributed by atoms with van der Waals surface area (Å²) in [7, 11) is 0. The molecule has 0 aromatic rings. The molecule has 0 radical (unpaired) electrons. The Morgan fingerprint density at radius 3 is 2.05 bits per heavy atom. The summed E-state index contributed by atoms with van der Waals surface area (Å²) >= 11 is 4.74. The molecule has 120 valence electrons. The molecule has 0 N–H and O–H groups in total. The van der Waals surface area contributed by atoms with Gasteiger partial charge in [-0.25, -0.2) is 0 Å². The highest BCUT2D eigenvalue weighted by atomic mass is 32.1. The SMILES string of the molecule is CC1=CCC(=C(C)C)CC1.CC1=CCC(S)(C(C)C)CC1. The summed E-state index contributed by atoms with van der Waals surface area (Å²) in [5.74, 6) is 0.690. The van der Waals surface area contributed by atoms with Crippen molar-refractivity contribution in [1.82, 2.24) is 0 Å². The van der Waals surface area contributed by atoms with Gasteiger partial charge < -0.3 is 0 Å². The van der Waals surface area contributed by atoms with Crippen molar-refractivity contribution in [3.05, 3.63) is 34.4 Å². The Morgan fingerprint density at radius 1 is 1.05 bits per heavy atom. The number of hydrogen-bond acceptors (Lipinski definition) is 1. The molecule has 1 heteroatoms. The van der Waals surface area contributed by atoms with Crippen LogP contribution in [0.4, 0.5) is 0 Å². The Labute approximate surface area is 138 Å². The van der Waals surface area contributed by atoms with Crippen molar-refractivity contribution >= 4 is 12.6 Å². The van der Waals surface area contributed by atoms with Crippen LogP contribution in [0.3, 0.4) is 0 Å². The zero-order valence-electron chi connectivity index (χ0n) is 14.9. The lowest BCUT2D eigenvalue weighted by Gasteiger charge is -2.35. The van der Waals surface area contributed by atoms with E-state index in [9.17, 15) is 0 Å². The van der Waals surface area contributed by atoms with Gasteiger partial charge in [-0.2, -0.15) is 12.6 Å². The molecule has 0 bridgehead atoms. The maximum atomic E-state index is 4.74. The molecule has 1 atom stereocenters. The molecular formula is C20H34S. The highest BCUT2D eigenvalue weighted by Gasteiger charge is 2.30. The Kier molecular flexibility index (Phi) is 7.33. The topological polar surface area (TPSA) is 0 Å². The first kappa shape index (κ1) is 18.6. The van der Waals surface area contributed by atoms with E-state index in [4.69, 9.17) is 12.6 Å². The van der Waals surface area contributed by atoms with Gasteiger partial charge >= 0.3 is 0 Å². The van der Waals surface area contributed by atoms with Gasteiger partial charge in [0.2, 0.25) is 0 Å². The first-order chi connectivity index (χ1) is 9.74. The number of allylic oxidation sites excluding steroid dienone is 6. The molecule has 0 fully saturated rings. The number of thiol groups is 1. The molecule has 0 nitrogen and oxygen atoms in total. The van der Waals surface area contributed by atoms with Gasteiger partial charge in [-0.1, -0.05) is 48.3 Å². The van der Waals surface area contributed by atoms with Crippen molar-refractivity contribution in [2.24, 2.45) is 5.92 Å². The fraction of sp³-hybridized carbons (Fsp3) is 0.700. The number of rotatable bonds is 1. The summed E-state index contributed by atoms with van der Waals surface area (Å²) in [5.41, 5.74) is 6.26. The van der Waals surface area contributed by atoms with Crippen LogP contribution in [0.15, 0.2) is 34.4 Å². The van der Waals surface area contributed by atoms with E-state index in [1.807, 2.05) is 0 Å². The summed E-state index contributed by atoms with van der Waals surface area (Å²) in [6, 6.07) is 0. The van der Waals surface area contributed by atoms with E-state index in [-0.39, 0.29) is 4.75 Å². The van der Waals surface area contributed by atoms with Crippen LogP contribution in [-0.2, 0) is 0 Å². The standard InChI is InChI=1S/C10H18S.C10H16/c1-8(2)10(11)6-4-9(3)5-7-10;1-8(2)10-6-4-9(3)5-7-10/h4,8,11H,5-7H2,1-3H3;4H,5-7H2,1-3H3. The Balaban J connectivity index is 0.000000211. The largest absolute Gasteiger partial charge is 0.172 e. The zero-order chi connectivity index (χ0) is 16.0. The average molecular weight is 307 g/mol. The van der Waals surface area contributed by atoms with E-state index in [1.165, 1.54) is 43.3 Å². The third kappa shape index (κ3) is 6.06. The minimum Gasteiger partial charge on any atom is -0.172 e. The van der Waals surface area contributed by atoms with Crippen LogP contribution in [0.1, 0.15) is 80.1 Å². The van der Waals surface area contributed by atoms with Gasteiger partial charge in [0.25, 0.3) is 0 Å². The van der Waals surface area contributed by atoms with Crippen molar-refractivity contribution in [3.63, 3.8) is 0 Å². The monoisotopic (exact) mass is 306 g/mol. The lowest BCUT2D eigenvalue weighted by Crippen LogP contribution is -2.30. The molecular weight excluding hydrogens is 272 g/mol. The van der Waals surface area contributed by atoms with Crippen molar-refractivity contribution in [2.75, 3.05) is 0 Å². The van der Waals surface area contributed by atoms with Gasteiger partial charge in [-0.15, -0.1) is 0 Å². The van der Waals surface area contributed by atoms with E-state index >= 15 is 0 Å². The minimum absolute atomic E-state index is 0.277. The van der Waals surface area contributed by atoms with Crippen molar-refractivity contribution < 1.29 is 0 Å². The summed E-state index contributed by atoms with van der Waals surface area (Å²) < 4.78 is 0.277. The van der Waals surface area contributed by atoms with Gasteiger partial charge in [-0.05, 0) is 72.1 Å². The summed E-state index contributed by atoms with van der Waals surface area (Å²) in [6.45, 7) is 13.4. The van der Waals surface area contributed by atoms with Gasteiger partial charge in [-0.3, -0.25) is 0 Å².